The first-order chi connectivity index (χ1) is 7.16. The Kier molecular flexibility index (Phi) is 3.40. The van der Waals surface area contributed by atoms with E-state index in [-0.39, 0.29) is 5.56 Å². The standard InChI is InChI=1S/C10H10ClFO3S/c1-10(11,16(2,14)15)9(13)7-3-5-8(12)6-4-7/h3-6H,1-2H3. The summed E-state index contributed by atoms with van der Waals surface area (Å²) >= 11 is 5.71. The van der Waals surface area contributed by atoms with E-state index >= 15 is 0 Å². The van der Waals surface area contributed by atoms with Crippen LogP contribution >= 0.6 is 11.6 Å². The van der Waals surface area contributed by atoms with Crippen LogP contribution in [0.2, 0.25) is 0 Å². The van der Waals surface area contributed by atoms with Gasteiger partial charge >= 0.3 is 0 Å². The van der Waals surface area contributed by atoms with Crippen molar-refractivity contribution < 1.29 is 17.6 Å². The summed E-state index contributed by atoms with van der Waals surface area (Å²) in [6.45, 7) is 1.11. The number of carbonyl (C=O) groups is 1. The summed E-state index contributed by atoms with van der Waals surface area (Å²) < 4.78 is 33.2. The average molecular weight is 265 g/mol. The van der Waals surface area contributed by atoms with Crippen LogP contribution in [0.1, 0.15) is 17.3 Å². The molecule has 88 valence electrons. The highest BCUT2D eigenvalue weighted by Gasteiger charge is 2.41. The van der Waals surface area contributed by atoms with Crippen molar-refractivity contribution in [1.29, 1.82) is 0 Å². The van der Waals surface area contributed by atoms with Gasteiger partial charge in [0.1, 0.15) is 5.82 Å². The first-order valence-electron chi connectivity index (χ1n) is 4.35. The van der Waals surface area contributed by atoms with Gasteiger partial charge in [-0.15, -0.1) is 0 Å². The summed E-state index contributed by atoms with van der Waals surface area (Å²) in [7, 11) is -3.74. The van der Waals surface area contributed by atoms with Gasteiger partial charge in [0.25, 0.3) is 0 Å². The van der Waals surface area contributed by atoms with Crippen molar-refractivity contribution in [1.82, 2.24) is 0 Å². The summed E-state index contributed by atoms with van der Waals surface area (Å²) in [4.78, 5) is 11.8. The Morgan fingerprint density at radius 3 is 2.12 bits per heavy atom. The van der Waals surface area contributed by atoms with Crippen LogP contribution in [0.3, 0.4) is 0 Å². The lowest BCUT2D eigenvalue weighted by molar-refractivity contribution is 0.0978. The summed E-state index contributed by atoms with van der Waals surface area (Å²) in [6.07, 6.45) is 0.876. The third-order valence-corrected chi connectivity index (χ3v) is 4.80. The molecule has 6 heteroatoms. The largest absolute Gasteiger partial charge is 0.291 e. The number of carbonyl (C=O) groups excluding carboxylic acids is 1. The van der Waals surface area contributed by atoms with Gasteiger partial charge in [-0.3, -0.25) is 4.79 Å². The van der Waals surface area contributed by atoms with Crippen LogP contribution in [0, 0.1) is 5.82 Å². The quantitative estimate of drug-likeness (QED) is 0.620. The molecule has 0 radical (unpaired) electrons. The van der Waals surface area contributed by atoms with Crippen molar-refractivity contribution in [3.63, 3.8) is 0 Å². The molecule has 1 rings (SSSR count). The van der Waals surface area contributed by atoms with Crippen molar-refractivity contribution in [3.8, 4) is 0 Å². The Morgan fingerprint density at radius 1 is 1.31 bits per heavy atom. The van der Waals surface area contributed by atoms with E-state index in [1.54, 1.807) is 0 Å². The second-order valence-corrected chi connectivity index (χ2v) is 6.87. The van der Waals surface area contributed by atoms with Gasteiger partial charge in [-0.2, -0.15) is 0 Å². The van der Waals surface area contributed by atoms with Crippen molar-refractivity contribution in [2.45, 2.75) is 11.1 Å². The number of ketones is 1. The highest BCUT2D eigenvalue weighted by Crippen LogP contribution is 2.26. The third kappa shape index (κ3) is 2.41. The molecule has 0 saturated heterocycles. The van der Waals surface area contributed by atoms with E-state index in [0.717, 1.165) is 25.3 Å². The number of Topliss-reactive ketones (excluding diaryl/α,β-unsaturated/α-hetero) is 1. The summed E-state index contributed by atoms with van der Waals surface area (Å²) in [5.41, 5.74) is 0.0596. The van der Waals surface area contributed by atoms with Crippen molar-refractivity contribution in [2.75, 3.05) is 6.26 Å². The molecule has 1 aromatic rings. The van der Waals surface area contributed by atoms with E-state index in [9.17, 15) is 17.6 Å². The highest BCUT2D eigenvalue weighted by molar-refractivity contribution is 7.94. The van der Waals surface area contributed by atoms with Gasteiger partial charge in [-0.05, 0) is 31.2 Å². The number of rotatable bonds is 3. The second kappa shape index (κ2) is 4.14. The van der Waals surface area contributed by atoms with Crippen LogP contribution in [0.4, 0.5) is 4.39 Å². The predicted octanol–water partition coefficient (Wildman–Crippen LogP) is 2.01. The zero-order chi connectivity index (χ0) is 12.6. The van der Waals surface area contributed by atoms with E-state index < -0.39 is 25.6 Å². The second-order valence-electron chi connectivity index (χ2n) is 3.52. The minimum atomic E-state index is -3.74. The maximum absolute atomic E-state index is 12.6. The molecular weight excluding hydrogens is 255 g/mol. The number of sulfone groups is 1. The van der Waals surface area contributed by atoms with Crippen LogP contribution in [-0.4, -0.2) is 24.7 Å². The monoisotopic (exact) mass is 264 g/mol. The number of halogens is 2. The van der Waals surface area contributed by atoms with Crippen molar-refractivity contribution in [2.24, 2.45) is 0 Å². The smallest absolute Gasteiger partial charge is 0.204 e. The van der Waals surface area contributed by atoms with E-state index in [0.29, 0.717) is 0 Å². The molecule has 1 unspecified atom stereocenters. The fourth-order valence-corrected chi connectivity index (χ4v) is 1.59. The summed E-state index contributed by atoms with van der Waals surface area (Å²) in [5.74, 6) is -1.27. The molecule has 0 aromatic heterocycles. The Hall–Kier alpha value is -0.940. The average Bonchev–Trinajstić information content (AvgIpc) is 2.16. The maximum Gasteiger partial charge on any atom is 0.204 e. The van der Waals surface area contributed by atoms with Crippen LogP contribution in [0.15, 0.2) is 24.3 Å². The van der Waals surface area contributed by atoms with Crippen LogP contribution < -0.4 is 0 Å². The third-order valence-electron chi connectivity index (χ3n) is 2.21. The molecule has 0 spiro atoms. The molecular formula is C10H10ClFO3S. The van der Waals surface area contributed by atoms with Crippen LogP contribution in [0.5, 0.6) is 0 Å². The molecule has 0 aliphatic heterocycles. The Labute approximate surface area is 98.1 Å². The number of hydrogen-bond acceptors (Lipinski definition) is 3. The van der Waals surface area contributed by atoms with Gasteiger partial charge in [0, 0.05) is 11.8 Å². The van der Waals surface area contributed by atoms with Gasteiger partial charge in [-0.1, -0.05) is 11.6 Å². The van der Waals surface area contributed by atoms with Gasteiger partial charge < -0.3 is 0 Å². The highest BCUT2D eigenvalue weighted by atomic mass is 35.5. The molecule has 0 N–H and O–H groups in total. The molecule has 0 heterocycles. The molecule has 16 heavy (non-hydrogen) atoms. The first kappa shape index (κ1) is 13.1. The van der Waals surface area contributed by atoms with Crippen LogP contribution in [0.25, 0.3) is 0 Å². The van der Waals surface area contributed by atoms with E-state index in [1.165, 1.54) is 12.1 Å². The van der Waals surface area contributed by atoms with Gasteiger partial charge in [0.05, 0.1) is 0 Å². The SMILES string of the molecule is CC(Cl)(C(=O)c1ccc(F)cc1)S(C)(=O)=O. The molecule has 1 aromatic carbocycles. The van der Waals surface area contributed by atoms with E-state index in [4.69, 9.17) is 11.6 Å². The summed E-state index contributed by atoms with van der Waals surface area (Å²) in [5, 5.41) is 0. The summed E-state index contributed by atoms with van der Waals surface area (Å²) in [6, 6.07) is 4.54. The van der Waals surface area contributed by atoms with Gasteiger partial charge in [0.15, 0.2) is 15.6 Å². The number of alkyl halides is 1. The maximum atomic E-state index is 12.6. The molecule has 1 atom stereocenters. The number of hydrogen-bond donors (Lipinski definition) is 0. The fraction of sp³-hybridized carbons (Fsp3) is 0.300. The molecule has 0 aliphatic rings. The van der Waals surface area contributed by atoms with E-state index in [1.807, 2.05) is 0 Å². The molecule has 0 bridgehead atoms. The van der Waals surface area contributed by atoms with Crippen molar-refractivity contribution >= 4 is 27.2 Å². The fourth-order valence-electron chi connectivity index (χ4n) is 1.03. The van der Waals surface area contributed by atoms with E-state index in [2.05, 4.69) is 0 Å². The minimum absolute atomic E-state index is 0.0596. The Bertz CT molecular complexity index is 505. The molecule has 3 nitrogen and oxygen atoms in total. The zero-order valence-electron chi connectivity index (χ0n) is 8.70. The molecule has 0 saturated carbocycles. The molecule has 0 fully saturated rings. The lowest BCUT2D eigenvalue weighted by Crippen LogP contribution is -2.37. The van der Waals surface area contributed by atoms with Gasteiger partial charge in [0.2, 0.25) is 4.21 Å². The topological polar surface area (TPSA) is 51.2 Å². The van der Waals surface area contributed by atoms with Crippen LogP contribution in [-0.2, 0) is 9.84 Å². The van der Waals surface area contributed by atoms with Gasteiger partial charge in [-0.25, -0.2) is 12.8 Å². The first-order valence-corrected chi connectivity index (χ1v) is 6.62. The Balaban J connectivity index is 3.18. The predicted molar refractivity (Wildman–Crippen MR) is 59.8 cm³/mol. The molecule has 0 amide bonds. The van der Waals surface area contributed by atoms with Crippen molar-refractivity contribution in [3.05, 3.63) is 35.6 Å². The lowest BCUT2D eigenvalue weighted by atomic mass is 10.1. The molecule has 0 aliphatic carbocycles. The number of benzene rings is 1. The zero-order valence-corrected chi connectivity index (χ0v) is 10.3. The normalized spacial score (nSPS) is 15.5. The minimum Gasteiger partial charge on any atom is -0.291 e. The Morgan fingerprint density at radius 2 is 1.75 bits per heavy atom. The lowest BCUT2D eigenvalue weighted by Gasteiger charge is -2.18.